The first kappa shape index (κ1) is 22.9. The van der Waals surface area contributed by atoms with Gasteiger partial charge in [0.1, 0.15) is 5.75 Å². The maximum absolute atomic E-state index is 12.3. The van der Waals surface area contributed by atoms with Gasteiger partial charge in [0.2, 0.25) is 0 Å². The number of carboxylic acid groups (broad SMARTS) is 1. The van der Waals surface area contributed by atoms with Crippen LogP contribution in [0.25, 0.3) is 22.2 Å². The van der Waals surface area contributed by atoms with Crippen molar-refractivity contribution in [2.45, 2.75) is 25.8 Å². The summed E-state index contributed by atoms with van der Waals surface area (Å²) in [6.07, 6.45) is 2.02. The van der Waals surface area contributed by atoms with Crippen LogP contribution >= 0.6 is 12.4 Å². The zero-order chi connectivity index (χ0) is 21.4. The maximum Gasteiger partial charge on any atom is 0.345 e. The van der Waals surface area contributed by atoms with Crippen molar-refractivity contribution >= 4 is 29.3 Å². The fourth-order valence-corrected chi connectivity index (χ4v) is 4.24. The van der Waals surface area contributed by atoms with E-state index in [2.05, 4.69) is 27.0 Å². The van der Waals surface area contributed by atoms with Crippen LogP contribution in [-0.4, -0.2) is 46.0 Å². The van der Waals surface area contributed by atoms with Gasteiger partial charge in [0.05, 0.1) is 12.3 Å². The molecule has 0 amide bonds. The molecule has 0 saturated carbocycles. The molecule has 0 atom stereocenters. The fraction of sp³-hybridized carbons (Fsp3) is 0.364. The highest BCUT2D eigenvalue weighted by Crippen LogP contribution is 2.38. The van der Waals surface area contributed by atoms with Crippen LogP contribution in [0.1, 0.15) is 33.6 Å². The van der Waals surface area contributed by atoms with E-state index in [9.17, 15) is 19.8 Å². The molecule has 2 aromatic heterocycles. The van der Waals surface area contributed by atoms with Crippen molar-refractivity contribution in [3.05, 3.63) is 50.9 Å². The molecule has 0 spiro atoms. The molecule has 3 aromatic rings. The molecule has 4 N–H and O–H groups in total. The average molecular weight is 448 g/mol. The van der Waals surface area contributed by atoms with E-state index in [1.807, 2.05) is 13.1 Å². The minimum Gasteiger partial charge on any atom is -0.506 e. The summed E-state index contributed by atoms with van der Waals surface area (Å²) in [5, 5.41) is 24.2. The number of fused-ring (bicyclic) bond motifs is 4. The van der Waals surface area contributed by atoms with Crippen LogP contribution in [-0.2, 0) is 31.2 Å². The summed E-state index contributed by atoms with van der Waals surface area (Å²) in [5.74, 6) is -1.85. The maximum atomic E-state index is 12.3. The molecule has 0 unspecified atom stereocenters. The lowest BCUT2D eigenvalue weighted by molar-refractivity contribution is 0.0691. The third-order valence-electron chi connectivity index (χ3n) is 5.80. The number of benzene rings is 1. The van der Waals surface area contributed by atoms with Crippen LogP contribution in [0.3, 0.4) is 0 Å². The molecule has 0 fully saturated rings. The lowest BCUT2D eigenvalue weighted by Crippen LogP contribution is -2.20. The normalized spacial score (nSPS) is 12.7. The summed E-state index contributed by atoms with van der Waals surface area (Å²) < 4.78 is 7.22. The van der Waals surface area contributed by atoms with Crippen LogP contribution in [0.4, 0.5) is 0 Å². The van der Waals surface area contributed by atoms with Crippen LogP contribution in [0.15, 0.2) is 23.0 Å². The van der Waals surface area contributed by atoms with Gasteiger partial charge >= 0.3 is 5.97 Å². The van der Waals surface area contributed by atoms with Crippen LogP contribution < -0.4 is 10.9 Å². The molecule has 1 aliphatic rings. The number of aromatic hydroxyl groups is 1. The Morgan fingerprint density at radius 1 is 1.29 bits per heavy atom. The van der Waals surface area contributed by atoms with Gasteiger partial charge in [-0.2, -0.15) is 0 Å². The summed E-state index contributed by atoms with van der Waals surface area (Å²) in [6, 6.07) is 6.24. The first-order chi connectivity index (χ1) is 14.4. The number of hydrogen-bond acceptors (Lipinski definition) is 5. The Hall–Kier alpha value is -2.81. The number of ether oxygens (including phenoxy) is 1. The molecule has 0 saturated heterocycles. The lowest BCUT2D eigenvalue weighted by atomic mass is 9.98. The van der Waals surface area contributed by atoms with Gasteiger partial charge in [0.25, 0.3) is 5.56 Å². The number of nitrogens with one attached hydrogen (secondary N) is 2. The highest BCUT2D eigenvalue weighted by Gasteiger charge is 2.26. The zero-order valence-corrected chi connectivity index (χ0v) is 18.3. The van der Waals surface area contributed by atoms with E-state index in [0.29, 0.717) is 30.8 Å². The Morgan fingerprint density at radius 3 is 2.77 bits per heavy atom. The van der Waals surface area contributed by atoms with E-state index in [1.54, 1.807) is 7.11 Å². The number of aromatic carboxylic acids is 1. The van der Waals surface area contributed by atoms with Crippen LogP contribution in [0.2, 0.25) is 0 Å². The largest absolute Gasteiger partial charge is 0.506 e. The van der Waals surface area contributed by atoms with Crippen LogP contribution in [0.5, 0.6) is 5.75 Å². The average Bonchev–Trinajstić information content (AvgIpc) is 2.89. The number of rotatable bonds is 6. The number of halogens is 1. The van der Waals surface area contributed by atoms with Gasteiger partial charge in [-0.1, -0.05) is 0 Å². The van der Waals surface area contributed by atoms with Gasteiger partial charge in [-0.25, -0.2) is 4.79 Å². The summed E-state index contributed by atoms with van der Waals surface area (Å²) in [6.45, 7) is 2.11. The van der Waals surface area contributed by atoms with Gasteiger partial charge in [-0.3, -0.25) is 4.79 Å². The van der Waals surface area contributed by atoms with E-state index in [4.69, 9.17) is 4.74 Å². The highest BCUT2D eigenvalue weighted by molar-refractivity contribution is 5.93. The summed E-state index contributed by atoms with van der Waals surface area (Å²) in [7, 11) is 3.70. The van der Waals surface area contributed by atoms with Crippen molar-refractivity contribution in [2.75, 3.05) is 20.3 Å². The van der Waals surface area contributed by atoms with Gasteiger partial charge < -0.3 is 29.8 Å². The predicted octanol–water partition coefficient (Wildman–Crippen LogP) is 2.58. The zero-order valence-electron chi connectivity index (χ0n) is 17.4. The standard InChI is InChI=1S/C22H25N3O5.ClH/c1-25-14(11-23-6-7-30-2)8-13-9-16-12(10-17(13)25)4-3-5-15-19(16)24-21(27)18(20(15)26)22(28)29;/h8-10,23H,3-7,11H2,1-2H3,(H,28,29)(H2,24,26,27);1H. The number of hydrogen-bond donors (Lipinski definition) is 4. The van der Waals surface area contributed by atoms with E-state index in [-0.39, 0.29) is 12.4 Å². The van der Waals surface area contributed by atoms with Crippen LogP contribution in [0, 0.1) is 0 Å². The number of carboxylic acids is 1. The Morgan fingerprint density at radius 2 is 2.06 bits per heavy atom. The minimum absolute atomic E-state index is 0. The minimum atomic E-state index is -1.43. The van der Waals surface area contributed by atoms with Crippen molar-refractivity contribution in [3.8, 4) is 17.0 Å². The number of nitrogens with zero attached hydrogens (tertiary/aromatic N) is 1. The van der Waals surface area contributed by atoms with Crippen molar-refractivity contribution in [3.63, 3.8) is 0 Å². The molecule has 0 aliphatic heterocycles. The number of aromatic amines is 1. The molecule has 2 heterocycles. The summed E-state index contributed by atoms with van der Waals surface area (Å²) >= 11 is 0. The number of carbonyl (C=O) groups is 1. The second-order valence-corrected chi connectivity index (χ2v) is 7.62. The molecule has 9 heteroatoms. The summed E-state index contributed by atoms with van der Waals surface area (Å²) in [4.78, 5) is 26.5. The Bertz CT molecular complexity index is 1200. The molecular formula is C22H26ClN3O5. The molecule has 1 aliphatic carbocycles. The summed E-state index contributed by atoms with van der Waals surface area (Å²) in [5.41, 5.74) is 3.74. The van der Waals surface area contributed by atoms with Crippen molar-refractivity contribution < 1.29 is 19.7 Å². The monoisotopic (exact) mass is 447 g/mol. The van der Waals surface area contributed by atoms with Crippen molar-refractivity contribution in [1.82, 2.24) is 14.9 Å². The second-order valence-electron chi connectivity index (χ2n) is 7.62. The number of H-pyrrole nitrogens is 1. The van der Waals surface area contributed by atoms with Gasteiger partial charge in [-0.15, -0.1) is 12.4 Å². The van der Waals surface area contributed by atoms with E-state index in [0.717, 1.165) is 47.1 Å². The Balaban J connectivity index is 0.00000272. The SMILES string of the molecule is COCCNCc1cc2cc3c(cc2n1C)CCCc1c-3[nH]c(=O)c(C(=O)O)c1O.Cl. The second kappa shape index (κ2) is 9.13. The molecule has 8 nitrogen and oxygen atoms in total. The number of aryl methyl sites for hydroxylation is 2. The molecule has 166 valence electrons. The third-order valence-corrected chi connectivity index (χ3v) is 5.80. The smallest absolute Gasteiger partial charge is 0.345 e. The van der Waals surface area contributed by atoms with E-state index < -0.39 is 22.8 Å². The predicted molar refractivity (Wildman–Crippen MR) is 120 cm³/mol. The van der Waals surface area contributed by atoms with E-state index >= 15 is 0 Å². The van der Waals surface area contributed by atoms with Gasteiger partial charge in [-0.05, 0) is 43.0 Å². The Labute approximate surface area is 185 Å². The molecular weight excluding hydrogens is 422 g/mol. The first-order valence-electron chi connectivity index (χ1n) is 9.95. The third kappa shape index (κ3) is 4.06. The fourth-order valence-electron chi connectivity index (χ4n) is 4.24. The van der Waals surface area contributed by atoms with Crippen molar-refractivity contribution in [2.24, 2.45) is 7.05 Å². The quantitative estimate of drug-likeness (QED) is 0.431. The molecule has 1 aromatic carbocycles. The number of pyridine rings is 1. The number of aromatic nitrogens is 2. The Kier molecular flexibility index (Phi) is 6.74. The number of methoxy groups -OCH3 is 1. The van der Waals surface area contributed by atoms with Gasteiger partial charge in [0, 0.05) is 55.0 Å². The first-order valence-corrected chi connectivity index (χ1v) is 9.95. The van der Waals surface area contributed by atoms with Gasteiger partial charge in [0.15, 0.2) is 5.56 Å². The molecule has 0 radical (unpaired) electrons. The highest BCUT2D eigenvalue weighted by atomic mass is 35.5. The molecule has 4 rings (SSSR count). The van der Waals surface area contributed by atoms with E-state index in [1.165, 1.54) is 0 Å². The molecule has 31 heavy (non-hydrogen) atoms. The topological polar surface area (TPSA) is 117 Å². The molecule has 0 bridgehead atoms. The lowest BCUT2D eigenvalue weighted by Gasteiger charge is -2.13. The van der Waals surface area contributed by atoms with Crippen molar-refractivity contribution in [1.29, 1.82) is 0 Å².